The van der Waals surface area contributed by atoms with E-state index in [2.05, 4.69) is 21.2 Å². The number of anilines is 2. The first-order valence-corrected chi connectivity index (χ1v) is 5.42. The number of ether oxygens (including phenoxy) is 1. The predicted molar refractivity (Wildman–Crippen MR) is 66.9 cm³/mol. The van der Waals surface area contributed by atoms with Crippen LogP contribution in [0.4, 0.5) is 11.6 Å². The van der Waals surface area contributed by atoms with Gasteiger partial charge < -0.3 is 20.8 Å². The Morgan fingerprint density at radius 3 is 2.53 bits per heavy atom. The third-order valence-electron chi connectivity index (χ3n) is 2.33. The lowest BCUT2D eigenvalue weighted by atomic mass is 10.2. The summed E-state index contributed by atoms with van der Waals surface area (Å²) >= 11 is 0. The SMILES string of the molecule is CNc1nn(NC)c(NC)c1CCOC(C)=O. The van der Waals surface area contributed by atoms with Crippen LogP contribution in [0.5, 0.6) is 0 Å². The number of hydrogen-bond donors (Lipinski definition) is 3. The fourth-order valence-electron chi connectivity index (χ4n) is 1.60. The van der Waals surface area contributed by atoms with Crippen LogP contribution in [0, 0.1) is 0 Å². The molecule has 0 unspecified atom stereocenters. The van der Waals surface area contributed by atoms with Crippen LogP contribution in [0.1, 0.15) is 12.5 Å². The summed E-state index contributed by atoms with van der Waals surface area (Å²) in [5.74, 6) is 1.34. The number of nitrogens with one attached hydrogen (secondary N) is 3. The molecule has 0 aliphatic rings. The lowest BCUT2D eigenvalue weighted by molar-refractivity contribution is -0.140. The van der Waals surface area contributed by atoms with Gasteiger partial charge in [0.05, 0.1) is 6.61 Å². The number of rotatable bonds is 6. The Hall–Kier alpha value is -1.92. The number of nitrogens with zero attached hydrogens (tertiary/aromatic N) is 2. The van der Waals surface area contributed by atoms with Gasteiger partial charge in [0.15, 0.2) is 11.6 Å². The maximum atomic E-state index is 10.7. The fraction of sp³-hybridized carbons (Fsp3) is 0.600. The van der Waals surface area contributed by atoms with Crippen LogP contribution in [0.15, 0.2) is 0 Å². The molecule has 0 spiro atoms. The van der Waals surface area contributed by atoms with Crippen molar-refractivity contribution in [2.45, 2.75) is 13.3 Å². The van der Waals surface area contributed by atoms with Gasteiger partial charge in [0.25, 0.3) is 0 Å². The molecule has 96 valence electrons. The van der Waals surface area contributed by atoms with Crippen molar-refractivity contribution in [3.63, 3.8) is 0 Å². The van der Waals surface area contributed by atoms with E-state index in [4.69, 9.17) is 4.74 Å². The predicted octanol–water partition coefficient (Wildman–Crippen LogP) is 0.245. The van der Waals surface area contributed by atoms with Gasteiger partial charge in [-0.05, 0) is 0 Å². The maximum absolute atomic E-state index is 10.7. The van der Waals surface area contributed by atoms with E-state index in [-0.39, 0.29) is 5.97 Å². The molecular formula is C10H19N5O2. The van der Waals surface area contributed by atoms with Crippen LogP contribution in [0.2, 0.25) is 0 Å². The molecule has 0 radical (unpaired) electrons. The summed E-state index contributed by atoms with van der Waals surface area (Å²) in [7, 11) is 5.40. The quantitative estimate of drug-likeness (QED) is 0.619. The minimum atomic E-state index is -0.275. The minimum absolute atomic E-state index is 0.275. The molecule has 0 aromatic carbocycles. The van der Waals surface area contributed by atoms with Crippen molar-refractivity contribution in [3.05, 3.63) is 5.56 Å². The molecule has 7 heteroatoms. The van der Waals surface area contributed by atoms with Crippen molar-refractivity contribution in [3.8, 4) is 0 Å². The molecule has 17 heavy (non-hydrogen) atoms. The van der Waals surface area contributed by atoms with Crippen molar-refractivity contribution in [2.24, 2.45) is 0 Å². The van der Waals surface area contributed by atoms with Gasteiger partial charge in [-0.2, -0.15) is 4.79 Å². The Morgan fingerprint density at radius 2 is 2.06 bits per heavy atom. The molecule has 1 rings (SSSR count). The highest BCUT2D eigenvalue weighted by Gasteiger charge is 2.15. The van der Waals surface area contributed by atoms with Gasteiger partial charge in [-0.25, -0.2) is 0 Å². The summed E-state index contributed by atoms with van der Waals surface area (Å²) in [6.45, 7) is 1.74. The van der Waals surface area contributed by atoms with Crippen molar-refractivity contribution in [1.82, 2.24) is 9.89 Å². The second kappa shape index (κ2) is 5.97. The van der Waals surface area contributed by atoms with Crippen LogP contribution in [0.3, 0.4) is 0 Å². The maximum Gasteiger partial charge on any atom is 0.302 e. The molecule has 0 aliphatic heterocycles. The highest BCUT2D eigenvalue weighted by Crippen LogP contribution is 2.23. The monoisotopic (exact) mass is 241 g/mol. The smallest absolute Gasteiger partial charge is 0.302 e. The van der Waals surface area contributed by atoms with E-state index in [9.17, 15) is 4.79 Å². The van der Waals surface area contributed by atoms with Crippen LogP contribution in [0.25, 0.3) is 0 Å². The highest BCUT2D eigenvalue weighted by atomic mass is 16.5. The van der Waals surface area contributed by atoms with E-state index in [1.165, 1.54) is 6.92 Å². The van der Waals surface area contributed by atoms with Crippen molar-refractivity contribution < 1.29 is 9.53 Å². The average molecular weight is 241 g/mol. The molecular weight excluding hydrogens is 222 g/mol. The average Bonchev–Trinajstić information content (AvgIpc) is 2.65. The van der Waals surface area contributed by atoms with Crippen molar-refractivity contribution in [1.29, 1.82) is 0 Å². The van der Waals surface area contributed by atoms with E-state index in [0.29, 0.717) is 13.0 Å². The fourth-order valence-corrected chi connectivity index (χ4v) is 1.60. The molecule has 1 heterocycles. The summed E-state index contributed by atoms with van der Waals surface area (Å²) in [6, 6.07) is 0. The van der Waals surface area contributed by atoms with Gasteiger partial charge in [0, 0.05) is 40.1 Å². The molecule has 0 fully saturated rings. The zero-order valence-corrected chi connectivity index (χ0v) is 10.6. The van der Waals surface area contributed by atoms with Gasteiger partial charge in [0.1, 0.15) is 0 Å². The summed E-state index contributed by atoms with van der Waals surface area (Å²) in [4.78, 5) is 12.4. The Labute approximate surface area is 100 Å². The molecule has 1 aromatic heterocycles. The summed E-state index contributed by atoms with van der Waals surface area (Å²) in [5, 5.41) is 10.4. The van der Waals surface area contributed by atoms with E-state index < -0.39 is 0 Å². The van der Waals surface area contributed by atoms with Gasteiger partial charge >= 0.3 is 5.97 Å². The van der Waals surface area contributed by atoms with Gasteiger partial charge in [-0.1, -0.05) is 0 Å². The lowest BCUT2D eigenvalue weighted by Crippen LogP contribution is -2.14. The first kappa shape index (κ1) is 13.1. The Balaban J connectivity index is 2.86. The Kier molecular flexibility index (Phi) is 4.62. The molecule has 0 aliphatic carbocycles. The zero-order valence-electron chi connectivity index (χ0n) is 10.6. The second-order valence-corrected chi connectivity index (χ2v) is 3.40. The van der Waals surface area contributed by atoms with E-state index >= 15 is 0 Å². The summed E-state index contributed by atoms with van der Waals surface area (Å²) in [6.07, 6.45) is 0.605. The second-order valence-electron chi connectivity index (χ2n) is 3.40. The minimum Gasteiger partial charge on any atom is -0.466 e. The molecule has 0 amide bonds. The lowest BCUT2D eigenvalue weighted by Gasteiger charge is -2.07. The molecule has 1 aromatic rings. The molecule has 0 atom stereocenters. The van der Waals surface area contributed by atoms with E-state index in [1.54, 1.807) is 18.9 Å². The third kappa shape index (κ3) is 3.02. The Morgan fingerprint density at radius 1 is 1.35 bits per heavy atom. The number of carbonyl (C=O) groups excluding carboxylic acids is 1. The number of aromatic nitrogens is 2. The first-order valence-electron chi connectivity index (χ1n) is 5.42. The molecule has 0 saturated carbocycles. The highest BCUT2D eigenvalue weighted by molar-refractivity contribution is 5.66. The van der Waals surface area contributed by atoms with Gasteiger partial charge in [-0.3, -0.25) is 4.79 Å². The number of hydrogen-bond acceptors (Lipinski definition) is 6. The van der Waals surface area contributed by atoms with Crippen molar-refractivity contribution >= 4 is 17.6 Å². The Bertz CT molecular complexity index is 388. The number of carbonyl (C=O) groups is 1. The summed E-state index contributed by atoms with van der Waals surface area (Å²) < 4.78 is 4.94. The normalized spacial score (nSPS) is 9.88. The van der Waals surface area contributed by atoms with E-state index in [1.807, 2.05) is 7.05 Å². The standard InChI is InChI=1S/C10H19N5O2/c1-7(16)17-6-5-8-9(11-2)14-15(13-4)10(8)12-3/h12-13H,5-6H2,1-4H3,(H,11,14). The van der Waals surface area contributed by atoms with Crippen LogP contribution in [-0.4, -0.2) is 43.6 Å². The zero-order chi connectivity index (χ0) is 12.8. The van der Waals surface area contributed by atoms with Gasteiger partial charge in [-0.15, -0.1) is 5.10 Å². The molecule has 3 N–H and O–H groups in total. The number of esters is 1. The van der Waals surface area contributed by atoms with Crippen LogP contribution >= 0.6 is 0 Å². The molecule has 0 saturated heterocycles. The third-order valence-corrected chi connectivity index (χ3v) is 2.33. The molecule has 7 nitrogen and oxygen atoms in total. The van der Waals surface area contributed by atoms with Crippen molar-refractivity contribution in [2.75, 3.05) is 43.8 Å². The topological polar surface area (TPSA) is 80.2 Å². The molecule has 0 bridgehead atoms. The van der Waals surface area contributed by atoms with Crippen LogP contribution < -0.4 is 16.1 Å². The first-order chi connectivity index (χ1) is 8.13. The van der Waals surface area contributed by atoms with E-state index in [0.717, 1.165) is 17.2 Å². The summed E-state index contributed by atoms with van der Waals surface area (Å²) in [5.41, 5.74) is 3.91. The van der Waals surface area contributed by atoms with Crippen LogP contribution in [-0.2, 0) is 16.0 Å². The van der Waals surface area contributed by atoms with Gasteiger partial charge in [0.2, 0.25) is 0 Å². The largest absolute Gasteiger partial charge is 0.466 e.